The molecule has 0 radical (unpaired) electrons. The van der Waals surface area contributed by atoms with Gasteiger partial charge >= 0.3 is 0 Å². The summed E-state index contributed by atoms with van der Waals surface area (Å²) < 4.78 is 0. The molecule has 6 heteroatoms. The minimum Gasteiger partial charge on any atom is -0.367 e. The molecule has 158 valence electrons. The van der Waals surface area contributed by atoms with Crippen LogP contribution in [0.1, 0.15) is 57.2 Å². The number of pyridine rings is 1. The van der Waals surface area contributed by atoms with E-state index in [-0.39, 0.29) is 11.8 Å². The van der Waals surface area contributed by atoms with Gasteiger partial charge in [0.05, 0.1) is 16.6 Å². The number of fused-ring (bicyclic) bond motifs is 1. The first-order valence-electron chi connectivity index (χ1n) is 11.1. The first kappa shape index (κ1) is 20.4. The molecule has 0 unspecified atom stereocenters. The van der Waals surface area contributed by atoms with E-state index >= 15 is 0 Å². The molecule has 3 aromatic rings. The Kier molecular flexibility index (Phi) is 6.31. The van der Waals surface area contributed by atoms with Crippen molar-refractivity contribution in [2.75, 3.05) is 10.6 Å². The fraction of sp³-hybridized carbons (Fsp3) is 0.458. The number of anilines is 2. The normalized spacial score (nSPS) is 14.9. The Labute approximate surface area is 177 Å². The number of hydrogen-bond acceptors (Lipinski definition) is 4. The maximum Gasteiger partial charge on any atom is 0.226 e. The van der Waals surface area contributed by atoms with Crippen LogP contribution in [-0.4, -0.2) is 27.1 Å². The molecule has 1 aromatic carbocycles. The summed E-state index contributed by atoms with van der Waals surface area (Å²) in [6, 6.07) is 10.6. The summed E-state index contributed by atoms with van der Waals surface area (Å²) in [5, 5.41) is 15.5. The zero-order valence-corrected chi connectivity index (χ0v) is 17.9. The molecule has 1 saturated carbocycles. The van der Waals surface area contributed by atoms with E-state index in [1.54, 1.807) is 0 Å². The summed E-state index contributed by atoms with van der Waals surface area (Å²) in [4.78, 5) is 16.5. The molecular formula is C24H31N5O. The molecule has 1 aliphatic rings. The first-order chi connectivity index (χ1) is 14.6. The molecule has 0 bridgehead atoms. The average molecular weight is 406 g/mol. The van der Waals surface area contributed by atoms with E-state index in [0.29, 0.717) is 6.04 Å². The smallest absolute Gasteiger partial charge is 0.226 e. The molecule has 0 aliphatic heterocycles. The fourth-order valence-corrected chi connectivity index (χ4v) is 4.07. The second-order valence-corrected chi connectivity index (χ2v) is 8.57. The molecule has 1 amide bonds. The van der Waals surface area contributed by atoms with E-state index in [9.17, 15) is 4.79 Å². The number of nitrogens with zero attached hydrogens (tertiary/aromatic N) is 2. The van der Waals surface area contributed by atoms with Crippen molar-refractivity contribution in [2.24, 2.45) is 5.92 Å². The fourth-order valence-electron chi connectivity index (χ4n) is 4.07. The van der Waals surface area contributed by atoms with Gasteiger partial charge in [-0.3, -0.25) is 9.89 Å². The average Bonchev–Trinajstić information content (AvgIpc) is 3.18. The molecule has 1 aliphatic carbocycles. The molecule has 4 rings (SSSR count). The minimum atomic E-state index is -0.0253. The van der Waals surface area contributed by atoms with Gasteiger partial charge in [-0.25, -0.2) is 4.98 Å². The number of benzene rings is 1. The van der Waals surface area contributed by atoms with Gasteiger partial charge in [-0.15, -0.1) is 0 Å². The van der Waals surface area contributed by atoms with Crippen molar-refractivity contribution in [3.8, 4) is 0 Å². The van der Waals surface area contributed by atoms with Crippen molar-refractivity contribution < 1.29 is 4.79 Å². The van der Waals surface area contributed by atoms with Gasteiger partial charge < -0.3 is 10.6 Å². The number of aromatic amines is 1. The molecule has 30 heavy (non-hydrogen) atoms. The van der Waals surface area contributed by atoms with E-state index < -0.39 is 0 Å². The molecule has 0 atom stereocenters. The molecule has 0 spiro atoms. The van der Waals surface area contributed by atoms with Crippen LogP contribution in [0.25, 0.3) is 10.9 Å². The number of nitrogens with one attached hydrogen (secondary N) is 3. The third-order valence-corrected chi connectivity index (χ3v) is 5.89. The standard InChI is InChI=1S/C24H31N5O/c1-16(2)24(30)27-19-11-8-17(9-12-19)10-13-20-22-21(29-28-20)14-15-25-23(22)26-18-6-4-3-5-7-18/h8-9,11-12,14-16,18H,3-7,10,13H2,1-2H3,(H,25,26)(H,27,30)(H,28,29). The highest BCUT2D eigenvalue weighted by Gasteiger charge is 2.17. The maximum absolute atomic E-state index is 11.8. The lowest BCUT2D eigenvalue weighted by Crippen LogP contribution is -2.23. The monoisotopic (exact) mass is 405 g/mol. The van der Waals surface area contributed by atoms with Gasteiger partial charge in [0.1, 0.15) is 5.82 Å². The lowest BCUT2D eigenvalue weighted by molar-refractivity contribution is -0.118. The van der Waals surface area contributed by atoms with Gasteiger partial charge in [0, 0.05) is 23.8 Å². The van der Waals surface area contributed by atoms with Gasteiger partial charge in [0.25, 0.3) is 0 Å². The van der Waals surface area contributed by atoms with Gasteiger partial charge in [-0.1, -0.05) is 45.2 Å². The number of carbonyl (C=O) groups is 1. The van der Waals surface area contributed by atoms with E-state index in [1.807, 2.05) is 38.2 Å². The predicted molar refractivity (Wildman–Crippen MR) is 122 cm³/mol. The van der Waals surface area contributed by atoms with Crippen molar-refractivity contribution in [3.63, 3.8) is 0 Å². The Balaban J connectivity index is 1.44. The van der Waals surface area contributed by atoms with Crippen LogP contribution in [0.2, 0.25) is 0 Å². The molecule has 0 saturated heterocycles. The van der Waals surface area contributed by atoms with Crippen LogP contribution < -0.4 is 10.6 Å². The predicted octanol–water partition coefficient (Wildman–Crippen LogP) is 5.08. The van der Waals surface area contributed by atoms with Gasteiger partial charge in [0.15, 0.2) is 0 Å². The SMILES string of the molecule is CC(C)C(=O)Nc1ccc(CCc2n[nH]c3ccnc(NC4CCCCC4)c23)cc1. The summed E-state index contributed by atoms with van der Waals surface area (Å²) in [6.45, 7) is 3.79. The second kappa shape index (κ2) is 9.28. The summed E-state index contributed by atoms with van der Waals surface area (Å²) in [5.41, 5.74) is 4.14. The Morgan fingerprint density at radius 2 is 1.87 bits per heavy atom. The molecule has 2 heterocycles. The third kappa shape index (κ3) is 4.81. The quantitative estimate of drug-likeness (QED) is 0.512. The van der Waals surface area contributed by atoms with Crippen LogP contribution in [0.4, 0.5) is 11.5 Å². The maximum atomic E-state index is 11.8. The van der Waals surface area contributed by atoms with Crippen molar-refractivity contribution in [1.29, 1.82) is 0 Å². The largest absolute Gasteiger partial charge is 0.367 e. The minimum absolute atomic E-state index is 0.0253. The van der Waals surface area contributed by atoms with Gasteiger partial charge in [-0.2, -0.15) is 5.10 Å². The Hall–Kier alpha value is -2.89. The van der Waals surface area contributed by atoms with Gasteiger partial charge in [0.2, 0.25) is 5.91 Å². The number of carbonyl (C=O) groups excluding carboxylic acids is 1. The van der Waals surface area contributed by atoms with Crippen LogP contribution in [0.15, 0.2) is 36.5 Å². The number of amides is 1. The number of rotatable bonds is 7. The molecule has 6 nitrogen and oxygen atoms in total. The van der Waals surface area contributed by atoms with E-state index in [2.05, 4.69) is 37.9 Å². The van der Waals surface area contributed by atoms with Crippen LogP contribution in [0.3, 0.4) is 0 Å². The van der Waals surface area contributed by atoms with E-state index in [4.69, 9.17) is 0 Å². The molecular weight excluding hydrogens is 374 g/mol. The van der Waals surface area contributed by atoms with Crippen molar-refractivity contribution in [2.45, 2.75) is 64.8 Å². The zero-order chi connectivity index (χ0) is 20.9. The summed E-state index contributed by atoms with van der Waals surface area (Å²) in [5.74, 6) is 0.966. The number of aryl methyl sites for hydroxylation is 2. The third-order valence-electron chi connectivity index (χ3n) is 5.89. The highest BCUT2D eigenvalue weighted by atomic mass is 16.1. The number of aromatic nitrogens is 3. The highest BCUT2D eigenvalue weighted by molar-refractivity contribution is 5.92. The number of H-pyrrole nitrogens is 1. The molecule has 1 fully saturated rings. The summed E-state index contributed by atoms with van der Waals surface area (Å²) in [6.07, 6.45) is 9.92. The lowest BCUT2D eigenvalue weighted by atomic mass is 9.95. The molecule has 2 aromatic heterocycles. The van der Waals surface area contributed by atoms with E-state index in [1.165, 1.54) is 37.7 Å². The summed E-state index contributed by atoms with van der Waals surface area (Å²) in [7, 11) is 0. The second-order valence-electron chi connectivity index (χ2n) is 8.57. The Bertz CT molecular complexity index is 987. The molecule has 3 N–H and O–H groups in total. The lowest BCUT2D eigenvalue weighted by Gasteiger charge is -2.23. The van der Waals surface area contributed by atoms with Crippen LogP contribution in [-0.2, 0) is 17.6 Å². The van der Waals surface area contributed by atoms with Crippen molar-refractivity contribution in [1.82, 2.24) is 15.2 Å². The van der Waals surface area contributed by atoms with Crippen molar-refractivity contribution >= 4 is 28.3 Å². The van der Waals surface area contributed by atoms with E-state index in [0.717, 1.165) is 40.9 Å². The van der Waals surface area contributed by atoms with Crippen LogP contribution in [0, 0.1) is 5.92 Å². The number of hydrogen-bond donors (Lipinski definition) is 3. The van der Waals surface area contributed by atoms with Crippen LogP contribution in [0.5, 0.6) is 0 Å². The van der Waals surface area contributed by atoms with Gasteiger partial charge in [-0.05, 0) is 49.4 Å². The highest BCUT2D eigenvalue weighted by Crippen LogP contribution is 2.28. The zero-order valence-electron chi connectivity index (χ0n) is 17.9. The Morgan fingerprint density at radius 1 is 1.10 bits per heavy atom. The topological polar surface area (TPSA) is 82.7 Å². The van der Waals surface area contributed by atoms with Crippen molar-refractivity contribution in [3.05, 3.63) is 47.8 Å². The first-order valence-corrected chi connectivity index (χ1v) is 11.1. The summed E-state index contributed by atoms with van der Waals surface area (Å²) >= 11 is 0. The Morgan fingerprint density at radius 3 is 2.60 bits per heavy atom. The van der Waals surface area contributed by atoms with Crippen LogP contribution >= 0.6 is 0 Å².